The zero-order valence-corrected chi connectivity index (χ0v) is 7.63. The molecule has 1 N–H and O–H groups in total. The third-order valence-corrected chi connectivity index (χ3v) is 2.00. The van der Waals surface area contributed by atoms with Crippen molar-refractivity contribution in [3.63, 3.8) is 0 Å². The standard InChI is InChI=1S/C9H15NO2/c1-3-4-5-6-9(2,7-10)8(11)12/h3-6H2,1-2H3,(H,11,12). The first-order chi connectivity index (χ1) is 5.56. The molecule has 0 saturated heterocycles. The summed E-state index contributed by atoms with van der Waals surface area (Å²) >= 11 is 0. The predicted molar refractivity (Wildman–Crippen MR) is 45.5 cm³/mol. The van der Waals surface area contributed by atoms with E-state index in [1.165, 1.54) is 6.92 Å². The Kier molecular flexibility index (Phi) is 4.35. The second kappa shape index (κ2) is 4.76. The number of carboxylic acid groups (broad SMARTS) is 1. The van der Waals surface area contributed by atoms with Gasteiger partial charge in [0, 0.05) is 0 Å². The molecule has 0 heterocycles. The molecular formula is C9H15NO2. The maximum atomic E-state index is 10.6. The van der Waals surface area contributed by atoms with Crippen molar-refractivity contribution in [3.8, 4) is 6.07 Å². The van der Waals surface area contributed by atoms with Crippen LogP contribution in [0.15, 0.2) is 0 Å². The van der Waals surface area contributed by atoms with Gasteiger partial charge in [0.05, 0.1) is 6.07 Å². The van der Waals surface area contributed by atoms with Gasteiger partial charge in [0.2, 0.25) is 0 Å². The summed E-state index contributed by atoms with van der Waals surface area (Å²) in [5, 5.41) is 17.3. The molecule has 0 fully saturated rings. The minimum absolute atomic E-state index is 0.451. The molecule has 3 heteroatoms. The van der Waals surface area contributed by atoms with E-state index < -0.39 is 11.4 Å². The van der Waals surface area contributed by atoms with E-state index in [2.05, 4.69) is 0 Å². The highest BCUT2D eigenvalue weighted by Gasteiger charge is 2.32. The normalized spacial score (nSPS) is 14.8. The molecule has 68 valence electrons. The second-order valence-electron chi connectivity index (χ2n) is 3.21. The molecule has 0 amide bonds. The first-order valence-electron chi connectivity index (χ1n) is 4.21. The van der Waals surface area contributed by atoms with Crippen LogP contribution >= 0.6 is 0 Å². The van der Waals surface area contributed by atoms with E-state index in [0.29, 0.717) is 6.42 Å². The Morgan fingerprint density at radius 1 is 1.58 bits per heavy atom. The quantitative estimate of drug-likeness (QED) is 0.641. The zero-order chi connectivity index (χ0) is 9.61. The van der Waals surface area contributed by atoms with E-state index in [4.69, 9.17) is 10.4 Å². The van der Waals surface area contributed by atoms with Gasteiger partial charge in [-0.05, 0) is 13.3 Å². The molecule has 0 aromatic rings. The maximum absolute atomic E-state index is 10.6. The van der Waals surface area contributed by atoms with Gasteiger partial charge in [0.25, 0.3) is 0 Å². The molecule has 0 spiro atoms. The molecule has 0 aromatic heterocycles. The Morgan fingerprint density at radius 2 is 2.17 bits per heavy atom. The Morgan fingerprint density at radius 3 is 2.50 bits per heavy atom. The predicted octanol–water partition coefficient (Wildman–Crippen LogP) is 2.18. The second-order valence-corrected chi connectivity index (χ2v) is 3.21. The molecule has 12 heavy (non-hydrogen) atoms. The summed E-state index contributed by atoms with van der Waals surface area (Å²) in [7, 11) is 0. The van der Waals surface area contributed by atoms with Gasteiger partial charge in [0.15, 0.2) is 5.41 Å². The number of aliphatic carboxylic acids is 1. The Labute approximate surface area is 73.0 Å². The lowest BCUT2D eigenvalue weighted by molar-refractivity contribution is -0.145. The molecule has 0 aliphatic heterocycles. The molecule has 0 aliphatic rings. The van der Waals surface area contributed by atoms with Crippen LogP contribution in [0.5, 0.6) is 0 Å². The van der Waals surface area contributed by atoms with Crippen LogP contribution in [0.25, 0.3) is 0 Å². The van der Waals surface area contributed by atoms with Crippen LogP contribution < -0.4 is 0 Å². The third-order valence-electron chi connectivity index (χ3n) is 2.00. The van der Waals surface area contributed by atoms with Crippen LogP contribution in [0.1, 0.15) is 39.5 Å². The van der Waals surface area contributed by atoms with Crippen LogP contribution in [0.2, 0.25) is 0 Å². The number of hydrogen-bond acceptors (Lipinski definition) is 2. The zero-order valence-electron chi connectivity index (χ0n) is 7.63. The maximum Gasteiger partial charge on any atom is 0.323 e. The lowest BCUT2D eigenvalue weighted by Crippen LogP contribution is -2.25. The highest BCUT2D eigenvalue weighted by atomic mass is 16.4. The van der Waals surface area contributed by atoms with Crippen molar-refractivity contribution in [1.29, 1.82) is 5.26 Å². The van der Waals surface area contributed by atoms with Crippen molar-refractivity contribution >= 4 is 5.97 Å². The summed E-state index contributed by atoms with van der Waals surface area (Å²) in [6.07, 6.45) is 3.30. The Balaban J connectivity index is 4.00. The molecule has 3 nitrogen and oxygen atoms in total. The van der Waals surface area contributed by atoms with Crippen LogP contribution in [0.4, 0.5) is 0 Å². The van der Waals surface area contributed by atoms with E-state index in [9.17, 15) is 4.79 Å². The van der Waals surface area contributed by atoms with Gasteiger partial charge in [-0.3, -0.25) is 4.79 Å². The monoisotopic (exact) mass is 169 g/mol. The first kappa shape index (κ1) is 11.0. The fourth-order valence-electron chi connectivity index (χ4n) is 0.939. The molecule has 1 unspecified atom stereocenters. The molecule has 0 aromatic carbocycles. The van der Waals surface area contributed by atoms with Gasteiger partial charge >= 0.3 is 5.97 Å². The smallest absolute Gasteiger partial charge is 0.323 e. The summed E-state index contributed by atoms with van der Waals surface area (Å²) in [5.74, 6) is -1.01. The topological polar surface area (TPSA) is 61.1 Å². The van der Waals surface area contributed by atoms with E-state index in [-0.39, 0.29) is 0 Å². The molecule has 0 saturated carbocycles. The fourth-order valence-corrected chi connectivity index (χ4v) is 0.939. The van der Waals surface area contributed by atoms with Crippen molar-refractivity contribution in [2.24, 2.45) is 5.41 Å². The van der Waals surface area contributed by atoms with E-state index in [1.807, 2.05) is 13.0 Å². The van der Waals surface area contributed by atoms with Crippen LogP contribution in [0, 0.1) is 16.7 Å². The highest BCUT2D eigenvalue weighted by Crippen LogP contribution is 2.23. The molecule has 0 bridgehead atoms. The van der Waals surface area contributed by atoms with E-state index in [0.717, 1.165) is 19.3 Å². The molecular weight excluding hydrogens is 154 g/mol. The average molecular weight is 169 g/mol. The number of hydrogen-bond donors (Lipinski definition) is 1. The van der Waals surface area contributed by atoms with Crippen LogP contribution in [0.3, 0.4) is 0 Å². The van der Waals surface area contributed by atoms with Crippen molar-refractivity contribution in [3.05, 3.63) is 0 Å². The van der Waals surface area contributed by atoms with Crippen LogP contribution in [-0.2, 0) is 4.79 Å². The van der Waals surface area contributed by atoms with E-state index >= 15 is 0 Å². The summed E-state index contributed by atoms with van der Waals surface area (Å²) in [5.41, 5.74) is -1.19. The Hall–Kier alpha value is -1.04. The van der Waals surface area contributed by atoms with Gasteiger partial charge in [-0.25, -0.2) is 0 Å². The molecule has 0 aliphatic carbocycles. The van der Waals surface area contributed by atoms with Gasteiger partial charge < -0.3 is 5.11 Å². The summed E-state index contributed by atoms with van der Waals surface area (Å²) in [4.78, 5) is 10.6. The fraction of sp³-hybridized carbons (Fsp3) is 0.778. The number of carboxylic acids is 1. The first-order valence-corrected chi connectivity index (χ1v) is 4.21. The lowest BCUT2D eigenvalue weighted by atomic mass is 9.86. The SMILES string of the molecule is CCCCCC(C)(C#N)C(=O)O. The van der Waals surface area contributed by atoms with Crippen molar-refractivity contribution < 1.29 is 9.90 Å². The van der Waals surface area contributed by atoms with Crippen molar-refractivity contribution in [2.75, 3.05) is 0 Å². The average Bonchev–Trinajstić information content (AvgIpc) is 2.04. The van der Waals surface area contributed by atoms with Gasteiger partial charge in [-0.2, -0.15) is 5.26 Å². The summed E-state index contributed by atoms with van der Waals surface area (Å²) in [6, 6.07) is 1.84. The minimum Gasteiger partial charge on any atom is -0.480 e. The lowest BCUT2D eigenvalue weighted by Gasteiger charge is -2.14. The number of unbranched alkanes of at least 4 members (excludes halogenated alkanes) is 2. The Bertz CT molecular complexity index is 195. The van der Waals surface area contributed by atoms with Crippen molar-refractivity contribution in [1.82, 2.24) is 0 Å². The summed E-state index contributed by atoms with van der Waals surface area (Å²) in [6.45, 7) is 3.52. The van der Waals surface area contributed by atoms with Gasteiger partial charge in [-0.15, -0.1) is 0 Å². The van der Waals surface area contributed by atoms with Gasteiger partial charge in [0.1, 0.15) is 0 Å². The van der Waals surface area contributed by atoms with E-state index in [1.54, 1.807) is 0 Å². The molecule has 0 rings (SSSR count). The molecule has 1 atom stereocenters. The number of carbonyl (C=O) groups is 1. The van der Waals surface area contributed by atoms with Gasteiger partial charge in [-0.1, -0.05) is 26.2 Å². The summed E-state index contributed by atoms with van der Waals surface area (Å²) < 4.78 is 0. The number of rotatable bonds is 5. The highest BCUT2D eigenvalue weighted by molar-refractivity contribution is 5.77. The minimum atomic E-state index is -1.19. The largest absolute Gasteiger partial charge is 0.480 e. The number of nitrogens with zero attached hydrogens (tertiary/aromatic N) is 1. The molecule has 0 radical (unpaired) electrons. The third kappa shape index (κ3) is 2.91. The van der Waals surface area contributed by atoms with Crippen LogP contribution in [-0.4, -0.2) is 11.1 Å². The number of nitriles is 1. The van der Waals surface area contributed by atoms with Crippen molar-refractivity contribution in [2.45, 2.75) is 39.5 Å².